The van der Waals surface area contributed by atoms with Gasteiger partial charge < -0.3 is 10.1 Å². The number of nitrogens with one attached hydrogen (secondary N) is 1. The van der Waals surface area contributed by atoms with Gasteiger partial charge in [-0.05, 0) is 104 Å². The third-order valence-electron chi connectivity index (χ3n) is 10.7. The number of carbonyl (C=O) groups is 1. The lowest BCUT2D eigenvalue weighted by Crippen LogP contribution is -2.54. The van der Waals surface area contributed by atoms with E-state index < -0.39 is 0 Å². The number of thioether (sulfide) groups is 1. The highest BCUT2D eigenvalue weighted by Crippen LogP contribution is 2.67. The summed E-state index contributed by atoms with van der Waals surface area (Å²) in [5, 5.41) is 11.1. The molecular weight excluding hydrogens is 428 g/mol. The second kappa shape index (κ2) is 8.12. The van der Waals surface area contributed by atoms with Crippen molar-refractivity contribution in [3.8, 4) is 0 Å². The van der Waals surface area contributed by atoms with Crippen molar-refractivity contribution in [2.75, 3.05) is 5.75 Å². The van der Waals surface area contributed by atoms with Crippen molar-refractivity contribution in [2.45, 2.75) is 82.9 Å². The number of aliphatic hydroxyl groups is 1. The number of carbonyl (C=O) groups excluding carboxylic acids is 1. The maximum absolute atomic E-state index is 13.5. The molecular formula is C28H38N2O2S. The smallest absolute Gasteiger partial charge is 0.166 e. The average molecular weight is 467 g/mol. The molecule has 178 valence electrons. The van der Waals surface area contributed by atoms with Gasteiger partial charge in [0, 0.05) is 5.92 Å². The molecule has 4 saturated carbocycles. The molecule has 0 aliphatic heterocycles. The monoisotopic (exact) mass is 466 g/mol. The summed E-state index contributed by atoms with van der Waals surface area (Å²) in [6, 6.07) is 8.07. The Balaban J connectivity index is 1.16. The van der Waals surface area contributed by atoms with Crippen LogP contribution in [0.1, 0.15) is 71.6 Å². The fourth-order valence-electron chi connectivity index (χ4n) is 9.00. The van der Waals surface area contributed by atoms with E-state index in [1.165, 1.54) is 38.5 Å². The topological polar surface area (TPSA) is 66.0 Å². The highest BCUT2D eigenvalue weighted by atomic mass is 32.2. The Labute approximate surface area is 201 Å². The van der Waals surface area contributed by atoms with Crippen LogP contribution in [0.15, 0.2) is 29.4 Å². The van der Waals surface area contributed by atoms with Crippen molar-refractivity contribution < 1.29 is 9.90 Å². The number of hydrogen-bond acceptors (Lipinski definition) is 4. The number of rotatable bonds is 4. The van der Waals surface area contributed by atoms with Crippen molar-refractivity contribution in [3.05, 3.63) is 24.3 Å². The fourth-order valence-corrected chi connectivity index (χ4v) is 9.83. The van der Waals surface area contributed by atoms with E-state index in [2.05, 4.69) is 23.8 Å². The van der Waals surface area contributed by atoms with Gasteiger partial charge >= 0.3 is 0 Å². The first-order valence-corrected chi connectivity index (χ1v) is 14.2. The summed E-state index contributed by atoms with van der Waals surface area (Å²) in [4.78, 5) is 21.5. The summed E-state index contributed by atoms with van der Waals surface area (Å²) < 4.78 is 0. The van der Waals surface area contributed by atoms with Crippen molar-refractivity contribution in [2.24, 2.45) is 40.4 Å². The van der Waals surface area contributed by atoms with Gasteiger partial charge in [-0.2, -0.15) is 0 Å². The van der Waals surface area contributed by atoms with E-state index in [4.69, 9.17) is 0 Å². The molecule has 33 heavy (non-hydrogen) atoms. The first-order chi connectivity index (χ1) is 15.9. The van der Waals surface area contributed by atoms with Crippen LogP contribution in [0.25, 0.3) is 11.0 Å². The van der Waals surface area contributed by atoms with Crippen LogP contribution in [0.3, 0.4) is 0 Å². The molecule has 2 aromatic rings. The van der Waals surface area contributed by atoms with Crippen LogP contribution in [0.4, 0.5) is 0 Å². The standard InChI is InChI=1S/C28H38N2O2S/c1-27-13-11-18(31)15-17(27)7-8-19-20-9-10-22(28(20,2)14-12-21(19)27)25(32)16-33-26-29-23-5-3-4-6-24(23)30-26/h3-6,17-22,31H,7-16H2,1-2H3,(H,29,30)/t17-,18+,19-,20-,21-,22+,27-,28-/m0/s1. The molecule has 4 aliphatic carbocycles. The molecule has 0 saturated heterocycles. The predicted octanol–water partition coefficient (Wildman–Crippen LogP) is 6.24. The van der Waals surface area contributed by atoms with Gasteiger partial charge in [0.05, 0.1) is 22.9 Å². The first kappa shape index (κ1) is 22.2. The van der Waals surface area contributed by atoms with E-state index in [-0.39, 0.29) is 17.4 Å². The summed E-state index contributed by atoms with van der Waals surface area (Å²) in [5.41, 5.74) is 2.59. The third kappa shape index (κ3) is 3.52. The Kier molecular flexibility index (Phi) is 5.45. The Bertz CT molecular complexity index is 1020. The zero-order chi connectivity index (χ0) is 22.8. The Morgan fingerprint density at radius 3 is 2.70 bits per heavy atom. The van der Waals surface area contributed by atoms with Crippen molar-refractivity contribution in [1.29, 1.82) is 0 Å². The second-order valence-electron chi connectivity index (χ2n) is 12.1. The minimum Gasteiger partial charge on any atom is -0.393 e. The summed E-state index contributed by atoms with van der Waals surface area (Å²) in [7, 11) is 0. The molecule has 4 fully saturated rings. The number of Topliss-reactive ketones (excluding diaryl/α,β-unsaturated/α-hetero) is 1. The van der Waals surface area contributed by atoms with E-state index in [0.717, 1.165) is 47.3 Å². The van der Waals surface area contributed by atoms with Crippen LogP contribution >= 0.6 is 11.8 Å². The van der Waals surface area contributed by atoms with Crippen molar-refractivity contribution in [1.82, 2.24) is 9.97 Å². The minimum atomic E-state index is -0.0776. The quantitative estimate of drug-likeness (QED) is 0.523. The van der Waals surface area contributed by atoms with Gasteiger partial charge in [0.2, 0.25) is 0 Å². The van der Waals surface area contributed by atoms with E-state index >= 15 is 0 Å². The zero-order valence-electron chi connectivity index (χ0n) is 20.1. The van der Waals surface area contributed by atoms with E-state index in [9.17, 15) is 9.90 Å². The summed E-state index contributed by atoms with van der Waals surface area (Å²) in [5.74, 6) is 4.14. The molecule has 0 amide bonds. The Morgan fingerprint density at radius 1 is 1.06 bits per heavy atom. The molecule has 0 unspecified atom stereocenters. The van der Waals surface area contributed by atoms with E-state index in [1.54, 1.807) is 11.8 Å². The maximum Gasteiger partial charge on any atom is 0.166 e. The molecule has 6 rings (SSSR count). The Morgan fingerprint density at radius 2 is 1.85 bits per heavy atom. The molecule has 4 nitrogen and oxygen atoms in total. The molecule has 1 aromatic carbocycles. The van der Waals surface area contributed by atoms with Crippen LogP contribution in [-0.4, -0.2) is 32.7 Å². The largest absolute Gasteiger partial charge is 0.393 e. The van der Waals surface area contributed by atoms with Crippen molar-refractivity contribution in [3.63, 3.8) is 0 Å². The van der Waals surface area contributed by atoms with Crippen LogP contribution in [-0.2, 0) is 4.79 Å². The van der Waals surface area contributed by atoms with Gasteiger partial charge in [0.25, 0.3) is 0 Å². The fraction of sp³-hybridized carbons (Fsp3) is 0.714. The second-order valence-corrected chi connectivity index (χ2v) is 13.0. The minimum absolute atomic E-state index is 0.0776. The molecule has 5 heteroatoms. The molecule has 4 aliphatic rings. The molecule has 0 bridgehead atoms. The summed E-state index contributed by atoms with van der Waals surface area (Å²) >= 11 is 1.58. The van der Waals surface area contributed by atoms with E-state index in [1.807, 2.05) is 24.3 Å². The van der Waals surface area contributed by atoms with Gasteiger partial charge in [0.15, 0.2) is 5.16 Å². The van der Waals surface area contributed by atoms with Gasteiger partial charge in [0.1, 0.15) is 5.78 Å². The number of H-pyrrole nitrogens is 1. The number of hydrogen-bond donors (Lipinski definition) is 2. The van der Waals surface area contributed by atoms with Gasteiger partial charge in [-0.25, -0.2) is 4.98 Å². The molecule has 0 radical (unpaired) electrons. The highest BCUT2D eigenvalue weighted by Gasteiger charge is 2.61. The van der Waals surface area contributed by atoms with Crippen LogP contribution < -0.4 is 0 Å². The van der Waals surface area contributed by atoms with Crippen LogP contribution in [0, 0.1) is 40.4 Å². The number of aromatic amines is 1. The molecule has 2 N–H and O–H groups in total. The molecule has 1 heterocycles. The lowest BCUT2D eigenvalue weighted by atomic mass is 9.44. The van der Waals surface area contributed by atoms with Gasteiger partial charge in [-0.3, -0.25) is 4.79 Å². The van der Waals surface area contributed by atoms with E-state index in [0.29, 0.717) is 28.8 Å². The molecule has 0 spiro atoms. The summed E-state index contributed by atoms with van der Waals surface area (Å²) in [6.45, 7) is 5.00. The average Bonchev–Trinajstić information content (AvgIpc) is 3.38. The number of aromatic nitrogens is 2. The number of para-hydroxylation sites is 2. The number of fused-ring (bicyclic) bond motifs is 6. The number of ketones is 1. The van der Waals surface area contributed by atoms with Gasteiger partial charge in [-0.1, -0.05) is 37.7 Å². The predicted molar refractivity (Wildman–Crippen MR) is 133 cm³/mol. The maximum atomic E-state index is 13.5. The number of nitrogens with zero attached hydrogens (tertiary/aromatic N) is 1. The lowest BCUT2D eigenvalue weighted by Gasteiger charge is -2.60. The lowest BCUT2D eigenvalue weighted by molar-refractivity contribution is -0.138. The Hall–Kier alpha value is -1.33. The van der Waals surface area contributed by atoms with Crippen molar-refractivity contribution >= 4 is 28.6 Å². The van der Waals surface area contributed by atoms with Gasteiger partial charge in [-0.15, -0.1) is 0 Å². The molecule has 8 atom stereocenters. The number of imidazole rings is 1. The normalized spacial score (nSPS) is 42.5. The number of aliphatic hydroxyl groups excluding tert-OH is 1. The zero-order valence-corrected chi connectivity index (χ0v) is 20.9. The van der Waals surface area contributed by atoms with Crippen LogP contribution in [0.5, 0.6) is 0 Å². The van der Waals surface area contributed by atoms with Crippen LogP contribution in [0.2, 0.25) is 0 Å². The highest BCUT2D eigenvalue weighted by molar-refractivity contribution is 7.99. The molecule has 1 aromatic heterocycles. The third-order valence-corrected chi connectivity index (χ3v) is 11.6. The summed E-state index contributed by atoms with van der Waals surface area (Å²) in [6.07, 6.45) is 10.5. The number of benzene rings is 1. The first-order valence-electron chi connectivity index (χ1n) is 13.2. The SMILES string of the molecule is C[C@]12CC[C@@H](O)C[C@@H]1CC[C@@H]1[C@@H]2CC[C@]2(C)[C@@H](C(=O)CSc3nc4ccccc4[nH]3)CC[C@@H]12.